The number of nitrogens with one attached hydrogen (secondary N) is 1. The van der Waals surface area contributed by atoms with Crippen molar-refractivity contribution in [2.24, 2.45) is 0 Å². The number of anilines is 1. The van der Waals surface area contributed by atoms with E-state index in [4.69, 9.17) is 0 Å². The molecule has 5 nitrogen and oxygen atoms in total. The molecule has 0 atom stereocenters. The molecule has 0 bridgehead atoms. The molecule has 0 saturated heterocycles. The van der Waals surface area contributed by atoms with Crippen molar-refractivity contribution < 1.29 is 4.79 Å². The van der Waals surface area contributed by atoms with Crippen molar-refractivity contribution in [1.82, 2.24) is 15.0 Å². The minimum atomic E-state index is 0.00680. The van der Waals surface area contributed by atoms with Crippen molar-refractivity contribution in [1.29, 1.82) is 0 Å². The molecule has 1 aliphatic carbocycles. The zero-order chi connectivity index (χ0) is 15.2. The van der Waals surface area contributed by atoms with Crippen LogP contribution in [0.5, 0.6) is 0 Å². The molecule has 3 rings (SSSR count). The van der Waals surface area contributed by atoms with Gasteiger partial charge in [0, 0.05) is 29.4 Å². The summed E-state index contributed by atoms with van der Waals surface area (Å²) in [5.41, 5.74) is 1.19. The number of hydrogen-bond donors (Lipinski definition) is 1. The molecule has 0 aromatic carbocycles. The third-order valence-electron chi connectivity index (χ3n) is 3.44. The lowest BCUT2D eigenvalue weighted by Gasteiger charge is -2.01. The van der Waals surface area contributed by atoms with Crippen LogP contribution in [0, 0.1) is 0 Å². The van der Waals surface area contributed by atoms with Gasteiger partial charge in [0.05, 0.1) is 5.69 Å². The first-order valence-electron chi connectivity index (χ1n) is 7.49. The van der Waals surface area contributed by atoms with Crippen LogP contribution in [0.25, 0.3) is 0 Å². The lowest BCUT2D eigenvalue weighted by molar-refractivity contribution is -0.115. The molecular weight excluding hydrogens is 316 g/mol. The molecule has 116 valence electrons. The van der Waals surface area contributed by atoms with E-state index >= 15 is 0 Å². The van der Waals surface area contributed by atoms with Gasteiger partial charge in [-0.15, -0.1) is 11.3 Å². The molecule has 0 spiro atoms. The standard InChI is InChI=1S/C15H18N4OS2/c20-13(7-10-21-14-16-8-4-9-17-14)19-15-18-11-5-2-1-3-6-12(11)22-15/h4,8-9H,1-3,5-7,10H2,(H,18,19,20). The van der Waals surface area contributed by atoms with E-state index in [0.29, 0.717) is 17.3 Å². The number of aromatic nitrogens is 3. The highest BCUT2D eigenvalue weighted by atomic mass is 32.2. The van der Waals surface area contributed by atoms with Gasteiger partial charge in [-0.2, -0.15) is 0 Å². The zero-order valence-electron chi connectivity index (χ0n) is 12.2. The van der Waals surface area contributed by atoms with E-state index in [1.807, 2.05) is 0 Å². The van der Waals surface area contributed by atoms with E-state index in [0.717, 1.165) is 18.0 Å². The molecule has 2 aromatic rings. The summed E-state index contributed by atoms with van der Waals surface area (Å²) >= 11 is 3.12. The van der Waals surface area contributed by atoms with Gasteiger partial charge in [-0.3, -0.25) is 4.79 Å². The number of hydrogen-bond acceptors (Lipinski definition) is 6. The van der Waals surface area contributed by atoms with Gasteiger partial charge in [-0.05, 0) is 31.7 Å². The molecule has 22 heavy (non-hydrogen) atoms. The summed E-state index contributed by atoms with van der Waals surface area (Å²) < 4.78 is 0. The smallest absolute Gasteiger partial charge is 0.226 e. The van der Waals surface area contributed by atoms with E-state index in [1.165, 1.54) is 41.6 Å². The molecule has 0 saturated carbocycles. The number of carbonyl (C=O) groups excluding carboxylic acids is 1. The number of rotatable bonds is 5. The quantitative estimate of drug-likeness (QED) is 0.516. The van der Waals surface area contributed by atoms with Crippen LogP contribution in [0.15, 0.2) is 23.6 Å². The van der Waals surface area contributed by atoms with Crippen molar-refractivity contribution in [3.8, 4) is 0 Å². The van der Waals surface area contributed by atoms with Gasteiger partial charge < -0.3 is 5.32 Å². The van der Waals surface area contributed by atoms with Gasteiger partial charge in [-0.25, -0.2) is 15.0 Å². The summed E-state index contributed by atoms with van der Waals surface area (Å²) in [4.78, 5) is 26.1. The Morgan fingerprint density at radius 1 is 1.23 bits per heavy atom. The van der Waals surface area contributed by atoms with Crippen LogP contribution >= 0.6 is 23.1 Å². The Balaban J connectivity index is 1.47. The summed E-state index contributed by atoms with van der Waals surface area (Å²) in [5, 5.41) is 4.37. The van der Waals surface area contributed by atoms with E-state index in [9.17, 15) is 4.79 Å². The first-order chi connectivity index (χ1) is 10.8. The Bertz CT molecular complexity index is 606. The predicted octanol–water partition coefficient (Wildman–Crippen LogP) is 3.32. The highest BCUT2D eigenvalue weighted by molar-refractivity contribution is 7.99. The molecule has 2 aromatic heterocycles. The number of fused-ring (bicyclic) bond motifs is 1. The van der Waals surface area contributed by atoms with E-state index < -0.39 is 0 Å². The number of carbonyl (C=O) groups is 1. The fraction of sp³-hybridized carbons (Fsp3) is 0.467. The molecule has 7 heteroatoms. The second-order valence-electron chi connectivity index (χ2n) is 5.13. The second kappa shape index (κ2) is 7.69. The van der Waals surface area contributed by atoms with Crippen molar-refractivity contribution in [2.45, 2.75) is 43.7 Å². The van der Waals surface area contributed by atoms with Crippen molar-refractivity contribution in [3.05, 3.63) is 29.0 Å². The van der Waals surface area contributed by atoms with Crippen LogP contribution in [0.3, 0.4) is 0 Å². The zero-order valence-corrected chi connectivity index (χ0v) is 13.9. The Morgan fingerprint density at radius 2 is 2.05 bits per heavy atom. The molecule has 0 radical (unpaired) electrons. The molecule has 2 heterocycles. The van der Waals surface area contributed by atoms with Gasteiger partial charge in [0.1, 0.15) is 0 Å². The summed E-state index contributed by atoms with van der Waals surface area (Å²) in [5.74, 6) is 0.674. The maximum Gasteiger partial charge on any atom is 0.226 e. The lowest BCUT2D eigenvalue weighted by Crippen LogP contribution is -2.12. The summed E-state index contributed by atoms with van der Waals surface area (Å²) in [6, 6.07) is 1.78. The Labute approximate surface area is 138 Å². The number of thiazole rings is 1. The average Bonchev–Trinajstić information content (AvgIpc) is 2.77. The highest BCUT2D eigenvalue weighted by Gasteiger charge is 2.15. The first-order valence-corrected chi connectivity index (χ1v) is 9.30. The number of nitrogens with zero attached hydrogens (tertiary/aromatic N) is 3. The van der Waals surface area contributed by atoms with Crippen LogP contribution in [0.4, 0.5) is 5.13 Å². The maximum atomic E-state index is 12.0. The molecule has 1 amide bonds. The van der Waals surface area contributed by atoms with Crippen LogP contribution in [0.2, 0.25) is 0 Å². The Morgan fingerprint density at radius 3 is 2.91 bits per heavy atom. The number of aryl methyl sites for hydroxylation is 2. The topological polar surface area (TPSA) is 67.8 Å². The maximum absolute atomic E-state index is 12.0. The monoisotopic (exact) mass is 334 g/mol. The highest BCUT2D eigenvalue weighted by Crippen LogP contribution is 2.29. The minimum absolute atomic E-state index is 0.00680. The average molecular weight is 334 g/mol. The molecule has 0 unspecified atom stereocenters. The van der Waals surface area contributed by atoms with E-state index in [1.54, 1.807) is 29.8 Å². The summed E-state index contributed by atoms with van der Waals surface area (Å²) in [6.45, 7) is 0. The van der Waals surface area contributed by atoms with Crippen LogP contribution in [-0.4, -0.2) is 26.6 Å². The summed E-state index contributed by atoms with van der Waals surface area (Å²) in [7, 11) is 0. The third-order valence-corrected chi connectivity index (χ3v) is 5.39. The second-order valence-corrected chi connectivity index (χ2v) is 7.27. The van der Waals surface area contributed by atoms with E-state index in [2.05, 4.69) is 20.3 Å². The van der Waals surface area contributed by atoms with Gasteiger partial charge >= 0.3 is 0 Å². The molecule has 1 N–H and O–H groups in total. The SMILES string of the molecule is O=C(CCSc1ncccn1)Nc1nc2c(s1)CCCCC2. The Kier molecular flexibility index (Phi) is 5.39. The van der Waals surface area contributed by atoms with Crippen LogP contribution in [-0.2, 0) is 17.6 Å². The Hall–Kier alpha value is -1.47. The molecule has 1 aliphatic rings. The van der Waals surface area contributed by atoms with Gasteiger partial charge in [0.2, 0.25) is 5.91 Å². The predicted molar refractivity (Wildman–Crippen MR) is 89.4 cm³/mol. The molecule has 0 aliphatic heterocycles. The van der Waals surface area contributed by atoms with Crippen molar-refractivity contribution >= 4 is 34.1 Å². The fourth-order valence-corrected chi connectivity index (χ4v) is 4.17. The van der Waals surface area contributed by atoms with Crippen LogP contribution < -0.4 is 5.32 Å². The molecule has 0 fully saturated rings. The largest absolute Gasteiger partial charge is 0.302 e. The van der Waals surface area contributed by atoms with Gasteiger partial charge in [0.25, 0.3) is 0 Å². The fourth-order valence-electron chi connectivity index (χ4n) is 2.36. The van der Waals surface area contributed by atoms with E-state index in [-0.39, 0.29) is 5.91 Å². The minimum Gasteiger partial charge on any atom is -0.302 e. The van der Waals surface area contributed by atoms with Gasteiger partial charge in [0.15, 0.2) is 10.3 Å². The first kappa shape index (κ1) is 15.4. The lowest BCUT2D eigenvalue weighted by atomic mass is 10.2. The normalized spacial score (nSPS) is 14.2. The molecular formula is C15H18N4OS2. The van der Waals surface area contributed by atoms with Crippen molar-refractivity contribution in [2.75, 3.05) is 11.1 Å². The van der Waals surface area contributed by atoms with Gasteiger partial charge in [-0.1, -0.05) is 18.2 Å². The summed E-state index contributed by atoms with van der Waals surface area (Å²) in [6.07, 6.45) is 9.72. The van der Waals surface area contributed by atoms with Crippen molar-refractivity contribution in [3.63, 3.8) is 0 Å². The third kappa shape index (κ3) is 4.27. The number of amides is 1. The van der Waals surface area contributed by atoms with Crippen LogP contribution in [0.1, 0.15) is 36.3 Å². The number of thioether (sulfide) groups is 1.